The predicted octanol–water partition coefficient (Wildman–Crippen LogP) is 2.89. The largest absolute Gasteiger partial charge is 0.354 e. The van der Waals surface area contributed by atoms with Crippen LogP contribution in [0.1, 0.15) is 41.3 Å². The third kappa shape index (κ3) is 3.67. The average Bonchev–Trinajstić information content (AvgIpc) is 2.61. The molecule has 0 bridgehead atoms. The van der Waals surface area contributed by atoms with Crippen molar-refractivity contribution in [2.45, 2.75) is 32.7 Å². The third-order valence-corrected chi connectivity index (χ3v) is 4.13. The quantitative estimate of drug-likeness (QED) is 0.863. The Morgan fingerprint density at radius 2 is 1.96 bits per heavy atom. The minimum absolute atomic E-state index is 0.000360. The van der Waals surface area contributed by atoms with Gasteiger partial charge in [0.05, 0.1) is 5.56 Å². The third-order valence-electron chi connectivity index (χ3n) is 4.13. The topological polar surface area (TPSA) is 58.1 Å². The maximum Gasteiger partial charge on any atom is 0.257 e. The first-order valence-corrected chi connectivity index (χ1v) is 8.20. The lowest BCUT2D eigenvalue weighted by molar-refractivity contribution is 0.0734. The van der Waals surface area contributed by atoms with Crippen molar-refractivity contribution in [2.24, 2.45) is 0 Å². The van der Waals surface area contributed by atoms with Gasteiger partial charge in [-0.2, -0.15) is 0 Å². The van der Waals surface area contributed by atoms with Crippen molar-refractivity contribution in [3.05, 3.63) is 53.3 Å². The van der Waals surface area contributed by atoms with Gasteiger partial charge in [-0.05, 0) is 24.0 Å². The molecular weight excluding hydrogens is 288 g/mol. The van der Waals surface area contributed by atoms with E-state index >= 15 is 0 Å². The lowest BCUT2D eigenvalue weighted by Gasteiger charge is -2.28. The molecular formula is C18H22N4O. The van der Waals surface area contributed by atoms with E-state index in [1.54, 1.807) is 12.4 Å². The van der Waals surface area contributed by atoms with Crippen molar-refractivity contribution in [1.29, 1.82) is 0 Å². The van der Waals surface area contributed by atoms with Crippen LogP contribution in [0, 0.1) is 0 Å². The molecule has 1 aliphatic heterocycles. The second kappa shape index (κ2) is 7.22. The highest BCUT2D eigenvalue weighted by molar-refractivity contribution is 5.93. The van der Waals surface area contributed by atoms with Gasteiger partial charge in [-0.1, -0.05) is 37.6 Å². The molecule has 0 aliphatic carbocycles. The highest BCUT2D eigenvalue weighted by Gasteiger charge is 2.21. The number of aromatic nitrogens is 2. The van der Waals surface area contributed by atoms with E-state index in [9.17, 15) is 4.79 Å². The van der Waals surface area contributed by atoms with Crippen molar-refractivity contribution in [3.63, 3.8) is 0 Å². The summed E-state index contributed by atoms with van der Waals surface area (Å²) in [4.78, 5) is 23.0. The van der Waals surface area contributed by atoms with Gasteiger partial charge in [0.15, 0.2) is 0 Å². The number of unbranched alkanes of at least 4 members (excludes halogenated alkanes) is 1. The maximum atomic E-state index is 12.6. The van der Waals surface area contributed by atoms with Gasteiger partial charge in [0.1, 0.15) is 0 Å². The molecule has 2 aromatic rings. The van der Waals surface area contributed by atoms with Gasteiger partial charge in [0.2, 0.25) is 5.95 Å². The molecule has 5 nitrogen and oxygen atoms in total. The fourth-order valence-corrected chi connectivity index (χ4v) is 2.76. The van der Waals surface area contributed by atoms with Crippen LogP contribution in [0.25, 0.3) is 0 Å². The Morgan fingerprint density at radius 1 is 1.22 bits per heavy atom. The number of carbonyl (C=O) groups is 1. The number of rotatable bonds is 5. The van der Waals surface area contributed by atoms with Crippen LogP contribution in [-0.2, 0) is 13.0 Å². The molecule has 0 unspecified atom stereocenters. The number of hydrogen-bond acceptors (Lipinski definition) is 4. The molecule has 1 N–H and O–H groups in total. The number of fused-ring (bicyclic) bond motifs is 1. The van der Waals surface area contributed by atoms with Gasteiger partial charge in [-0.25, -0.2) is 9.97 Å². The van der Waals surface area contributed by atoms with E-state index < -0.39 is 0 Å². The van der Waals surface area contributed by atoms with E-state index in [0.29, 0.717) is 18.1 Å². The Balaban J connectivity index is 1.64. The fourth-order valence-electron chi connectivity index (χ4n) is 2.76. The summed E-state index contributed by atoms with van der Waals surface area (Å²) in [5.41, 5.74) is 3.11. The summed E-state index contributed by atoms with van der Waals surface area (Å²) in [6.45, 7) is 4.39. The molecule has 1 aromatic carbocycles. The molecule has 0 saturated carbocycles. The van der Waals surface area contributed by atoms with Crippen LogP contribution in [0.2, 0.25) is 0 Å². The molecule has 2 heterocycles. The van der Waals surface area contributed by atoms with E-state index in [1.165, 1.54) is 11.1 Å². The van der Waals surface area contributed by atoms with Crippen LogP contribution >= 0.6 is 0 Å². The molecule has 0 saturated heterocycles. The second-order valence-corrected chi connectivity index (χ2v) is 5.82. The molecule has 0 spiro atoms. The minimum Gasteiger partial charge on any atom is -0.354 e. The van der Waals surface area contributed by atoms with E-state index in [-0.39, 0.29) is 5.91 Å². The van der Waals surface area contributed by atoms with Crippen molar-refractivity contribution in [2.75, 3.05) is 18.4 Å². The Hall–Kier alpha value is -2.43. The second-order valence-electron chi connectivity index (χ2n) is 5.82. The number of amides is 1. The van der Waals surface area contributed by atoms with E-state index in [1.807, 2.05) is 11.0 Å². The standard InChI is InChI=1S/C18H22N4O/c1-2-3-9-19-18-20-11-16(12-21-18)17(23)22-10-8-14-6-4-5-7-15(14)13-22/h4-7,11-12H,2-3,8-10,13H2,1H3,(H,19,20,21). The molecule has 0 atom stereocenters. The van der Waals surface area contributed by atoms with E-state index in [4.69, 9.17) is 0 Å². The molecule has 1 amide bonds. The summed E-state index contributed by atoms with van der Waals surface area (Å²) in [6.07, 6.45) is 6.34. The zero-order valence-corrected chi connectivity index (χ0v) is 13.5. The monoisotopic (exact) mass is 310 g/mol. The summed E-state index contributed by atoms with van der Waals surface area (Å²) in [7, 11) is 0. The maximum absolute atomic E-state index is 12.6. The molecule has 0 fully saturated rings. The van der Waals surface area contributed by atoms with E-state index in [0.717, 1.165) is 32.4 Å². The number of nitrogens with zero attached hydrogens (tertiary/aromatic N) is 3. The molecule has 3 rings (SSSR count). The predicted molar refractivity (Wildman–Crippen MR) is 90.3 cm³/mol. The first-order valence-electron chi connectivity index (χ1n) is 8.20. The number of benzene rings is 1. The number of carbonyl (C=O) groups excluding carboxylic acids is 1. The number of nitrogens with one attached hydrogen (secondary N) is 1. The zero-order chi connectivity index (χ0) is 16.1. The highest BCUT2D eigenvalue weighted by Crippen LogP contribution is 2.20. The lowest BCUT2D eigenvalue weighted by Crippen LogP contribution is -2.36. The number of anilines is 1. The normalized spacial score (nSPS) is 13.5. The first-order chi connectivity index (χ1) is 11.3. The van der Waals surface area contributed by atoms with Crippen LogP contribution in [0.5, 0.6) is 0 Å². The van der Waals surface area contributed by atoms with Gasteiger partial charge in [0.25, 0.3) is 5.91 Å². The average molecular weight is 310 g/mol. The van der Waals surface area contributed by atoms with Crippen LogP contribution < -0.4 is 5.32 Å². The van der Waals surface area contributed by atoms with Crippen LogP contribution in [0.4, 0.5) is 5.95 Å². The fraction of sp³-hybridized carbons (Fsp3) is 0.389. The van der Waals surface area contributed by atoms with Crippen molar-refractivity contribution in [1.82, 2.24) is 14.9 Å². The lowest BCUT2D eigenvalue weighted by atomic mass is 9.99. The van der Waals surface area contributed by atoms with Crippen molar-refractivity contribution < 1.29 is 4.79 Å². The molecule has 5 heteroatoms. The smallest absolute Gasteiger partial charge is 0.257 e. The number of hydrogen-bond donors (Lipinski definition) is 1. The van der Waals surface area contributed by atoms with Crippen LogP contribution in [0.3, 0.4) is 0 Å². The van der Waals surface area contributed by atoms with Crippen molar-refractivity contribution in [3.8, 4) is 0 Å². The van der Waals surface area contributed by atoms with Gasteiger partial charge in [-0.3, -0.25) is 4.79 Å². The van der Waals surface area contributed by atoms with Crippen LogP contribution in [0.15, 0.2) is 36.7 Å². The highest BCUT2D eigenvalue weighted by atomic mass is 16.2. The SMILES string of the molecule is CCCCNc1ncc(C(=O)N2CCc3ccccc3C2)cn1. The molecule has 23 heavy (non-hydrogen) atoms. The Kier molecular flexibility index (Phi) is 4.86. The molecule has 0 radical (unpaired) electrons. The van der Waals surface area contributed by atoms with Crippen molar-refractivity contribution >= 4 is 11.9 Å². The van der Waals surface area contributed by atoms with Crippen LogP contribution in [-0.4, -0.2) is 33.9 Å². The summed E-state index contributed by atoms with van der Waals surface area (Å²) < 4.78 is 0. The summed E-state index contributed by atoms with van der Waals surface area (Å²) in [5, 5.41) is 3.16. The summed E-state index contributed by atoms with van der Waals surface area (Å²) in [6, 6.07) is 8.30. The zero-order valence-electron chi connectivity index (χ0n) is 13.5. The Bertz CT molecular complexity index is 669. The van der Waals surface area contributed by atoms with Gasteiger partial charge >= 0.3 is 0 Å². The Labute approximate surface area is 136 Å². The van der Waals surface area contributed by atoms with Gasteiger partial charge in [0, 0.05) is 32.0 Å². The molecule has 1 aromatic heterocycles. The first kappa shape index (κ1) is 15.5. The molecule has 1 aliphatic rings. The summed E-state index contributed by atoms with van der Waals surface area (Å²) >= 11 is 0. The molecule has 120 valence electrons. The van der Waals surface area contributed by atoms with Gasteiger partial charge < -0.3 is 10.2 Å². The minimum atomic E-state index is -0.000360. The van der Waals surface area contributed by atoms with Gasteiger partial charge in [-0.15, -0.1) is 0 Å². The Morgan fingerprint density at radius 3 is 2.70 bits per heavy atom. The summed E-state index contributed by atoms with van der Waals surface area (Å²) in [5.74, 6) is 0.582. The van der Waals surface area contributed by atoms with E-state index in [2.05, 4.69) is 40.4 Å².